The van der Waals surface area contributed by atoms with E-state index in [1.165, 1.54) is 77.2 Å². The summed E-state index contributed by atoms with van der Waals surface area (Å²) in [4.78, 5) is 0. The molecular weight excluding hydrogens is 234 g/mol. The van der Waals surface area contributed by atoms with E-state index in [1.807, 2.05) is 0 Å². The molecular formula is C17H29NO. The molecule has 1 atom stereocenters. The van der Waals surface area contributed by atoms with Gasteiger partial charge in [0, 0.05) is 12.6 Å². The zero-order valence-corrected chi connectivity index (χ0v) is 12.3. The van der Waals surface area contributed by atoms with Crippen LogP contribution in [0.15, 0.2) is 11.6 Å². The van der Waals surface area contributed by atoms with Gasteiger partial charge in [0.25, 0.3) is 0 Å². The second-order valence-electron chi connectivity index (χ2n) is 6.74. The van der Waals surface area contributed by atoms with Gasteiger partial charge < -0.3 is 10.1 Å². The number of nitrogens with one attached hydrogen (secondary N) is 1. The van der Waals surface area contributed by atoms with Gasteiger partial charge in [-0.05, 0) is 57.9 Å². The van der Waals surface area contributed by atoms with Crippen molar-refractivity contribution in [3.63, 3.8) is 0 Å². The predicted octanol–water partition coefficient (Wildman–Crippen LogP) is 3.96. The quantitative estimate of drug-likeness (QED) is 0.775. The monoisotopic (exact) mass is 263 g/mol. The van der Waals surface area contributed by atoms with Crippen LogP contribution in [0.25, 0.3) is 0 Å². The molecule has 1 N–H and O–H groups in total. The van der Waals surface area contributed by atoms with Crippen molar-refractivity contribution in [2.24, 2.45) is 0 Å². The number of rotatable bonds is 4. The lowest BCUT2D eigenvalue weighted by Gasteiger charge is -2.43. The molecule has 2 aliphatic carbocycles. The molecule has 1 spiro atoms. The molecule has 0 aromatic carbocycles. The first-order valence-electron chi connectivity index (χ1n) is 8.42. The van der Waals surface area contributed by atoms with Crippen molar-refractivity contribution >= 4 is 0 Å². The molecule has 1 unspecified atom stereocenters. The summed E-state index contributed by atoms with van der Waals surface area (Å²) in [6.45, 7) is 2.15. The smallest absolute Gasteiger partial charge is 0.0697 e. The molecule has 3 aliphatic rings. The van der Waals surface area contributed by atoms with E-state index in [9.17, 15) is 0 Å². The maximum absolute atomic E-state index is 6.17. The maximum Gasteiger partial charge on any atom is 0.0697 e. The fourth-order valence-corrected chi connectivity index (χ4v) is 4.15. The Kier molecular flexibility index (Phi) is 4.60. The zero-order chi connectivity index (χ0) is 13.0. The number of hydrogen-bond acceptors (Lipinski definition) is 2. The topological polar surface area (TPSA) is 21.3 Å². The Morgan fingerprint density at radius 3 is 2.89 bits per heavy atom. The third-order valence-corrected chi connectivity index (χ3v) is 5.27. The molecule has 19 heavy (non-hydrogen) atoms. The highest BCUT2D eigenvalue weighted by atomic mass is 16.5. The van der Waals surface area contributed by atoms with Gasteiger partial charge >= 0.3 is 0 Å². The van der Waals surface area contributed by atoms with Crippen molar-refractivity contribution in [2.75, 3.05) is 13.2 Å². The van der Waals surface area contributed by atoms with Crippen LogP contribution >= 0.6 is 0 Å². The van der Waals surface area contributed by atoms with Crippen molar-refractivity contribution in [3.8, 4) is 0 Å². The lowest BCUT2D eigenvalue weighted by Crippen LogP contribution is -2.48. The van der Waals surface area contributed by atoms with Gasteiger partial charge in [-0.2, -0.15) is 0 Å². The molecule has 0 bridgehead atoms. The Morgan fingerprint density at radius 1 is 1.21 bits per heavy atom. The van der Waals surface area contributed by atoms with Crippen molar-refractivity contribution < 1.29 is 4.74 Å². The fraction of sp³-hybridized carbons (Fsp3) is 0.882. The predicted molar refractivity (Wildman–Crippen MR) is 79.3 cm³/mol. The van der Waals surface area contributed by atoms with Gasteiger partial charge in [-0.3, -0.25) is 0 Å². The van der Waals surface area contributed by atoms with Crippen LogP contribution in [0.5, 0.6) is 0 Å². The Balaban J connectivity index is 1.43. The lowest BCUT2D eigenvalue weighted by atomic mass is 9.78. The highest BCUT2D eigenvalue weighted by Crippen LogP contribution is 2.38. The minimum atomic E-state index is 0.251. The minimum absolute atomic E-state index is 0.251. The van der Waals surface area contributed by atoms with E-state index in [1.54, 1.807) is 5.57 Å². The minimum Gasteiger partial charge on any atom is -0.375 e. The Labute approximate surface area is 118 Å². The first-order valence-corrected chi connectivity index (χ1v) is 8.42. The van der Waals surface area contributed by atoms with Crippen molar-refractivity contribution in [1.82, 2.24) is 5.32 Å². The molecule has 0 radical (unpaired) electrons. The van der Waals surface area contributed by atoms with Crippen LogP contribution in [0.1, 0.15) is 70.6 Å². The summed E-state index contributed by atoms with van der Waals surface area (Å²) in [5.41, 5.74) is 1.94. The molecule has 0 aromatic heterocycles. The van der Waals surface area contributed by atoms with Crippen LogP contribution < -0.4 is 5.32 Å². The first kappa shape index (κ1) is 13.6. The lowest BCUT2D eigenvalue weighted by molar-refractivity contribution is -0.109. The van der Waals surface area contributed by atoms with Gasteiger partial charge in [0.15, 0.2) is 0 Å². The second kappa shape index (κ2) is 6.41. The zero-order valence-electron chi connectivity index (χ0n) is 12.3. The second-order valence-corrected chi connectivity index (χ2v) is 6.74. The molecule has 2 nitrogen and oxygen atoms in total. The highest BCUT2D eigenvalue weighted by Gasteiger charge is 2.38. The summed E-state index contributed by atoms with van der Waals surface area (Å²) in [7, 11) is 0. The van der Waals surface area contributed by atoms with Crippen LogP contribution in [-0.2, 0) is 4.74 Å². The Hall–Kier alpha value is -0.340. The molecule has 2 heteroatoms. The summed E-state index contributed by atoms with van der Waals surface area (Å²) in [5, 5.41) is 3.80. The van der Waals surface area contributed by atoms with E-state index in [4.69, 9.17) is 4.74 Å². The third-order valence-electron chi connectivity index (χ3n) is 5.27. The van der Waals surface area contributed by atoms with Gasteiger partial charge in [0.2, 0.25) is 0 Å². The molecule has 0 aromatic rings. The van der Waals surface area contributed by atoms with Gasteiger partial charge in [-0.25, -0.2) is 0 Å². The van der Waals surface area contributed by atoms with E-state index in [2.05, 4.69) is 11.4 Å². The summed E-state index contributed by atoms with van der Waals surface area (Å²) in [6.07, 6.45) is 17.0. The molecule has 1 saturated heterocycles. The molecule has 1 saturated carbocycles. The van der Waals surface area contributed by atoms with Gasteiger partial charge in [-0.1, -0.05) is 30.9 Å². The molecule has 0 amide bonds. The van der Waals surface area contributed by atoms with E-state index >= 15 is 0 Å². The van der Waals surface area contributed by atoms with Gasteiger partial charge in [0.05, 0.1) is 5.60 Å². The van der Waals surface area contributed by atoms with E-state index in [0.717, 1.165) is 6.61 Å². The average Bonchev–Trinajstić information content (AvgIpc) is 2.93. The fourth-order valence-electron chi connectivity index (χ4n) is 4.15. The SMILES string of the molecule is C1=C(CCNC2CCOC3(CCCCC3)C2)CCC1. The van der Waals surface area contributed by atoms with E-state index in [0.29, 0.717) is 6.04 Å². The largest absolute Gasteiger partial charge is 0.375 e. The maximum atomic E-state index is 6.17. The summed E-state index contributed by atoms with van der Waals surface area (Å²) >= 11 is 0. The molecule has 2 fully saturated rings. The van der Waals surface area contributed by atoms with Crippen LogP contribution in [-0.4, -0.2) is 24.8 Å². The van der Waals surface area contributed by atoms with Gasteiger partial charge in [0.1, 0.15) is 0 Å². The highest BCUT2D eigenvalue weighted by molar-refractivity contribution is 5.07. The molecule has 1 heterocycles. The molecule has 3 rings (SSSR count). The Morgan fingerprint density at radius 2 is 2.11 bits per heavy atom. The van der Waals surface area contributed by atoms with Crippen molar-refractivity contribution in [2.45, 2.75) is 82.3 Å². The van der Waals surface area contributed by atoms with Crippen LogP contribution in [0, 0.1) is 0 Å². The number of ether oxygens (including phenoxy) is 1. The van der Waals surface area contributed by atoms with E-state index < -0.39 is 0 Å². The first-order chi connectivity index (χ1) is 9.36. The summed E-state index contributed by atoms with van der Waals surface area (Å²) in [6, 6.07) is 0.703. The number of hydrogen-bond donors (Lipinski definition) is 1. The van der Waals surface area contributed by atoms with Gasteiger partial charge in [-0.15, -0.1) is 0 Å². The standard InChI is InChI=1S/C17H29NO/c1-4-10-17(11-5-1)14-16(9-13-19-17)18-12-8-15-6-2-3-7-15/h6,16,18H,1-5,7-14H2. The summed E-state index contributed by atoms with van der Waals surface area (Å²) < 4.78 is 6.17. The molecule has 1 aliphatic heterocycles. The normalized spacial score (nSPS) is 30.5. The van der Waals surface area contributed by atoms with E-state index in [-0.39, 0.29) is 5.60 Å². The molecule has 108 valence electrons. The number of allylic oxidation sites excluding steroid dienone is 1. The van der Waals surface area contributed by atoms with Crippen LogP contribution in [0.4, 0.5) is 0 Å². The van der Waals surface area contributed by atoms with Crippen LogP contribution in [0.3, 0.4) is 0 Å². The van der Waals surface area contributed by atoms with Crippen LogP contribution in [0.2, 0.25) is 0 Å². The summed E-state index contributed by atoms with van der Waals surface area (Å²) in [5.74, 6) is 0. The third kappa shape index (κ3) is 3.61. The average molecular weight is 263 g/mol. The van der Waals surface area contributed by atoms with Crippen molar-refractivity contribution in [3.05, 3.63) is 11.6 Å². The van der Waals surface area contributed by atoms with Crippen molar-refractivity contribution in [1.29, 1.82) is 0 Å². The Bertz CT molecular complexity index is 312.